The minimum atomic E-state index is 0.360. The Morgan fingerprint density at radius 1 is 1.07 bits per heavy atom. The fourth-order valence-electron chi connectivity index (χ4n) is 2.43. The predicted octanol–water partition coefficient (Wildman–Crippen LogP) is 3.85. The van der Waals surface area contributed by atoms with Crippen molar-refractivity contribution in [2.24, 2.45) is 5.92 Å². The van der Waals surface area contributed by atoms with Gasteiger partial charge in [-0.15, -0.1) is 6.58 Å². The Morgan fingerprint density at radius 3 is 2.20 bits per heavy atom. The summed E-state index contributed by atoms with van der Waals surface area (Å²) in [6, 6.07) is 7.67. The van der Waals surface area contributed by atoms with Gasteiger partial charge in [0.15, 0.2) is 0 Å². The van der Waals surface area contributed by atoms with Gasteiger partial charge in [0.1, 0.15) is 5.75 Å². The molecule has 0 aromatic heterocycles. The zero-order chi connectivity index (χ0) is 10.7. The molecular formula is C14H18O. The molecule has 80 valence electrons. The molecule has 0 amide bonds. The highest BCUT2D eigenvalue weighted by molar-refractivity contribution is 5.28. The molecule has 0 unspecified atom stereocenters. The minimum Gasteiger partial charge on any atom is -0.508 e. The number of phenols is 1. The lowest BCUT2D eigenvalue weighted by atomic mass is 9.79. The van der Waals surface area contributed by atoms with Crippen LogP contribution in [-0.2, 0) is 0 Å². The third-order valence-corrected chi connectivity index (χ3v) is 3.47. The van der Waals surface area contributed by atoms with Gasteiger partial charge in [-0.2, -0.15) is 0 Å². The fraction of sp³-hybridized carbons (Fsp3) is 0.429. The number of hydrogen-bond donors (Lipinski definition) is 1. The molecule has 0 heterocycles. The van der Waals surface area contributed by atoms with Crippen molar-refractivity contribution in [3.05, 3.63) is 42.5 Å². The van der Waals surface area contributed by atoms with Crippen LogP contribution in [0, 0.1) is 5.92 Å². The van der Waals surface area contributed by atoms with Crippen LogP contribution in [-0.4, -0.2) is 5.11 Å². The standard InChI is InChI=1S/C14H18O/c1-2-11-3-5-12(6-4-11)13-7-9-14(15)10-8-13/h2,7-12,15H,1,3-6H2. The van der Waals surface area contributed by atoms with E-state index in [2.05, 4.69) is 12.7 Å². The van der Waals surface area contributed by atoms with Crippen molar-refractivity contribution in [2.45, 2.75) is 31.6 Å². The van der Waals surface area contributed by atoms with Crippen molar-refractivity contribution in [3.63, 3.8) is 0 Å². The SMILES string of the molecule is C=CC1CCC(c2ccc(O)cc2)CC1. The van der Waals surface area contributed by atoms with E-state index < -0.39 is 0 Å². The van der Waals surface area contributed by atoms with Gasteiger partial charge in [-0.1, -0.05) is 18.2 Å². The Balaban J connectivity index is 2.01. The minimum absolute atomic E-state index is 0.360. The first-order chi connectivity index (χ1) is 7.29. The summed E-state index contributed by atoms with van der Waals surface area (Å²) in [6.07, 6.45) is 7.11. The molecule has 0 saturated heterocycles. The van der Waals surface area contributed by atoms with Gasteiger partial charge in [0.05, 0.1) is 0 Å². The second kappa shape index (κ2) is 4.52. The summed E-state index contributed by atoms with van der Waals surface area (Å²) in [6.45, 7) is 3.86. The quantitative estimate of drug-likeness (QED) is 0.722. The number of rotatable bonds is 2. The molecular weight excluding hydrogens is 184 g/mol. The molecule has 1 heteroatoms. The van der Waals surface area contributed by atoms with Crippen molar-refractivity contribution >= 4 is 0 Å². The summed E-state index contributed by atoms with van der Waals surface area (Å²) >= 11 is 0. The van der Waals surface area contributed by atoms with E-state index in [1.165, 1.54) is 31.2 Å². The van der Waals surface area contributed by atoms with Crippen LogP contribution in [0.5, 0.6) is 5.75 Å². The van der Waals surface area contributed by atoms with E-state index >= 15 is 0 Å². The molecule has 0 bridgehead atoms. The number of aromatic hydroxyl groups is 1. The molecule has 1 fully saturated rings. The van der Waals surface area contributed by atoms with Crippen LogP contribution in [0.25, 0.3) is 0 Å². The monoisotopic (exact) mass is 202 g/mol. The van der Waals surface area contributed by atoms with Gasteiger partial charge in [-0.3, -0.25) is 0 Å². The van der Waals surface area contributed by atoms with Gasteiger partial charge in [-0.25, -0.2) is 0 Å². The average Bonchev–Trinajstić information content (AvgIpc) is 2.30. The highest BCUT2D eigenvalue weighted by atomic mass is 16.3. The summed E-state index contributed by atoms with van der Waals surface area (Å²) < 4.78 is 0. The van der Waals surface area contributed by atoms with Crippen molar-refractivity contribution in [1.82, 2.24) is 0 Å². The van der Waals surface area contributed by atoms with E-state index in [4.69, 9.17) is 0 Å². The van der Waals surface area contributed by atoms with Crippen molar-refractivity contribution in [1.29, 1.82) is 0 Å². The molecule has 15 heavy (non-hydrogen) atoms. The van der Waals surface area contributed by atoms with Crippen molar-refractivity contribution < 1.29 is 5.11 Å². The molecule has 0 spiro atoms. The normalized spacial score (nSPS) is 26.1. The van der Waals surface area contributed by atoms with Gasteiger partial charge in [-0.05, 0) is 55.2 Å². The molecule has 1 nitrogen and oxygen atoms in total. The largest absolute Gasteiger partial charge is 0.508 e. The summed E-state index contributed by atoms with van der Waals surface area (Å²) in [5.74, 6) is 1.76. The summed E-state index contributed by atoms with van der Waals surface area (Å²) in [4.78, 5) is 0. The predicted molar refractivity (Wildman–Crippen MR) is 63.0 cm³/mol. The Bertz CT molecular complexity index is 318. The molecule has 1 aliphatic rings. The molecule has 0 atom stereocenters. The molecule has 0 aliphatic heterocycles. The van der Waals surface area contributed by atoms with E-state index in [9.17, 15) is 5.11 Å². The molecule has 2 rings (SSSR count). The third kappa shape index (κ3) is 2.41. The maximum Gasteiger partial charge on any atom is 0.115 e. The molecule has 1 aromatic carbocycles. The van der Waals surface area contributed by atoms with Crippen LogP contribution in [0.2, 0.25) is 0 Å². The zero-order valence-corrected chi connectivity index (χ0v) is 9.02. The van der Waals surface area contributed by atoms with Crippen LogP contribution >= 0.6 is 0 Å². The zero-order valence-electron chi connectivity index (χ0n) is 9.02. The molecule has 0 radical (unpaired) electrons. The van der Waals surface area contributed by atoms with Crippen LogP contribution in [0.3, 0.4) is 0 Å². The molecule has 1 N–H and O–H groups in total. The lowest BCUT2D eigenvalue weighted by molar-refractivity contribution is 0.376. The second-order valence-electron chi connectivity index (χ2n) is 4.44. The Morgan fingerprint density at radius 2 is 1.67 bits per heavy atom. The lowest BCUT2D eigenvalue weighted by Gasteiger charge is -2.26. The smallest absolute Gasteiger partial charge is 0.115 e. The Labute approximate surface area is 91.4 Å². The van der Waals surface area contributed by atoms with Crippen LogP contribution in [0.15, 0.2) is 36.9 Å². The van der Waals surface area contributed by atoms with Gasteiger partial charge >= 0.3 is 0 Å². The second-order valence-corrected chi connectivity index (χ2v) is 4.44. The first kappa shape index (κ1) is 10.3. The molecule has 1 saturated carbocycles. The highest BCUT2D eigenvalue weighted by Gasteiger charge is 2.20. The summed E-state index contributed by atoms with van der Waals surface area (Å²) in [7, 11) is 0. The number of hydrogen-bond acceptors (Lipinski definition) is 1. The summed E-state index contributed by atoms with van der Waals surface area (Å²) in [5, 5.41) is 9.22. The maximum atomic E-state index is 9.22. The highest BCUT2D eigenvalue weighted by Crippen LogP contribution is 2.36. The fourth-order valence-corrected chi connectivity index (χ4v) is 2.43. The van der Waals surface area contributed by atoms with Gasteiger partial charge < -0.3 is 5.11 Å². The van der Waals surface area contributed by atoms with Crippen LogP contribution in [0.4, 0.5) is 0 Å². The number of benzene rings is 1. The number of allylic oxidation sites excluding steroid dienone is 1. The van der Waals surface area contributed by atoms with E-state index in [0.29, 0.717) is 11.7 Å². The van der Waals surface area contributed by atoms with Gasteiger partial charge in [0.25, 0.3) is 0 Å². The summed E-state index contributed by atoms with van der Waals surface area (Å²) in [5.41, 5.74) is 1.37. The Kier molecular flexibility index (Phi) is 3.10. The Hall–Kier alpha value is -1.24. The first-order valence-corrected chi connectivity index (χ1v) is 5.71. The number of phenolic OH excluding ortho intramolecular Hbond substituents is 1. The van der Waals surface area contributed by atoms with Crippen LogP contribution < -0.4 is 0 Å². The van der Waals surface area contributed by atoms with Crippen molar-refractivity contribution in [2.75, 3.05) is 0 Å². The average molecular weight is 202 g/mol. The van der Waals surface area contributed by atoms with Gasteiger partial charge in [0.2, 0.25) is 0 Å². The van der Waals surface area contributed by atoms with Crippen LogP contribution in [0.1, 0.15) is 37.2 Å². The van der Waals surface area contributed by atoms with E-state index in [0.717, 1.165) is 5.92 Å². The van der Waals surface area contributed by atoms with E-state index in [-0.39, 0.29) is 0 Å². The van der Waals surface area contributed by atoms with Crippen molar-refractivity contribution in [3.8, 4) is 5.75 Å². The molecule has 1 aromatic rings. The lowest BCUT2D eigenvalue weighted by Crippen LogP contribution is -2.11. The topological polar surface area (TPSA) is 20.2 Å². The molecule has 1 aliphatic carbocycles. The maximum absolute atomic E-state index is 9.22. The van der Waals surface area contributed by atoms with Gasteiger partial charge in [0, 0.05) is 0 Å². The van der Waals surface area contributed by atoms with E-state index in [1.54, 1.807) is 12.1 Å². The van der Waals surface area contributed by atoms with E-state index in [1.807, 2.05) is 12.1 Å². The third-order valence-electron chi connectivity index (χ3n) is 3.47. The first-order valence-electron chi connectivity index (χ1n) is 5.71.